The van der Waals surface area contributed by atoms with Crippen molar-refractivity contribution in [1.82, 2.24) is 0 Å². The maximum Gasteiger partial charge on any atom is 0.164 e. The molecule has 0 atom stereocenters. The fourth-order valence-corrected chi connectivity index (χ4v) is 1.93. The maximum atomic E-state index is 11.9. The number of rotatable bonds is 5. The number of halogens is 2. The van der Waals surface area contributed by atoms with Gasteiger partial charge < -0.3 is 10.4 Å². The normalized spacial score (nSPS) is 9.65. The van der Waals surface area contributed by atoms with Crippen LogP contribution >= 0.6 is 24.0 Å². The van der Waals surface area contributed by atoms with E-state index in [9.17, 15) is 9.90 Å². The average molecular weight is 312 g/mol. The van der Waals surface area contributed by atoms with Gasteiger partial charge in [0.1, 0.15) is 5.75 Å². The first-order valence-corrected chi connectivity index (χ1v) is 6.35. The summed E-state index contributed by atoms with van der Waals surface area (Å²) < 4.78 is 0. The Morgan fingerprint density at radius 3 is 2.60 bits per heavy atom. The van der Waals surface area contributed by atoms with E-state index in [4.69, 9.17) is 11.6 Å². The molecular formula is C15H15Cl2NO2. The van der Waals surface area contributed by atoms with Crippen LogP contribution in [0.3, 0.4) is 0 Å². The molecule has 2 aromatic carbocycles. The Labute approximate surface area is 129 Å². The van der Waals surface area contributed by atoms with Crippen LogP contribution in [0.5, 0.6) is 5.75 Å². The summed E-state index contributed by atoms with van der Waals surface area (Å²) in [5.74, 6) is 0.197. The number of anilines is 1. The first-order valence-electron chi connectivity index (χ1n) is 5.97. The molecule has 2 N–H and O–H groups in total. The first-order chi connectivity index (χ1) is 9.16. The highest BCUT2D eigenvalue weighted by molar-refractivity contribution is 6.31. The van der Waals surface area contributed by atoms with Crippen LogP contribution in [-0.4, -0.2) is 17.4 Å². The number of nitrogens with one attached hydrogen (secondary N) is 1. The highest BCUT2D eigenvalue weighted by Gasteiger charge is 2.06. The van der Waals surface area contributed by atoms with Crippen molar-refractivity contribution >= 4 is 35.5 Å². The van der Waals surface area contributed by atoms with Gasteiger partial charge in [-0.1, -0.05) is 35.9 Å². The summed E-state index contributed by atoms with van der Waals surface area (Å²) in [5, 5.41) is 13.1. The van der Waals surface area contributed by atoms with E-state index in [0.717, 1.165) is 0 Å². The highest BCUT2D eigenvalue weighted by Crippen LogP contribution is 2.21. The first kappa shape index (κ1) is 16.3. The lowest BCUT2D eigenvalue weighted by molar-refractivity contribution is 0.0986. The van der Waals surface area contributed by atoms with E-state index in [2.05, 4.69) is 5.32 Å². The third-order valence-electron chi connectivity index (χ3n) is 2.72. The fraction of sp³-hybridized carbons (Fsp3) is 0.133. The third-order valence-corrected chi connectivity index (χ3v) is 2.95. The number of carbonyl (C=O) groups excluding carboxylic acids is 1. The summed E-state index contributed by atoms with van der Waals surface area (Å²) in [5.41, 5.74) is 1.23. The van der Waals surface area contributed by atoms with Crippen molar-refractivity contribution in [2.24, 2.45) is 0 Å². The second-order valence-corrected chi connectivity index (χ2v) is 4.56. The Balaban J connectivity index is 0.00000200. The number of Topliss-reactive ketones (excluding diaryl/α,β-unsaturated/α-hetero) is 1. The predicted octanol–water partition coefficient (Wildman–Crippen LogP) is 4.15. The second-order valence-electron chi connectivity index (χ2n) is 4.13. The molecule has 0 fully saturated rings. The summed E-state index contributed by atoms with van der Waals surface area (Å²) in [6.07, 6.45) is 0.342. The second kappa shape index (κ2) is 7.78. The Morgan fingerprint density at radius 1 is 1.15 bits per heavy atom. The van der Waals surface area contributed by atoms with E-state index in [-0.39, 0.29) is 23.9 Å². The number of carbonyl (C=O) groups is 1. The van der Waals surface area contributed by atoms with E-state index in [1.54, 1.807) is 42.5 Å². The molecule has 0 saturated carbocycles. The molecular weight excluding hydrogens is 297 g/mol. The van der Waals surface area contributed by atoms with Crippen LogP contribution in [0.1, 0.15) is 16.8 Å². The topological polar surface area (TPSA) is 49.3 Å². The molecule has 0 aliphatic carbocycles. The average Bonchev–Trinajstić information content (AvgIpc) is 2.41. The van der Waals surface area contributed by atoms with E-state index < -0.39 is 0 Å². The minimum Gasteiger partial charge on any atom is -0.506 e. The summed E-state index contributed by atoms with van der Waals surface area (Å²) in [6, 6.07) is 13.8. The SMILES string of the molecule is Cl.O=C(CCNc1ccccc1O)c1cccc(Cl)c1. The number of phenols is 1. The van der Waals surface area contributed by atoms with E-state index in [1.165, 1.54) is 0 Å². The molecule has 106 valence electrons. The smallest absolute Gasteiger partial charge is 0.164 e. The molecule has 0 saturated heterocycles. The summed E-state index contributed by atoms with van der Waals surface area (Å²) >= 11 is 5.84. The van der Waals surface area contributed by atoms with Gasteiger partial charge in [0.2, 0.25) is 0 Å². The van der Waals surface area contributed by atoms with Crippen molar-refractivity contribution < 1.29 is 9.90 Å². The lowest BCUT2D eigenvalue weighted by Gasteiger charge is -2.07. The van der Waals surface area contributed by atoms with Crippen LogP contribution in [0, 0.1) is 0 Å². The number of phenolic OH excluding ortho intramolecular Hbond substituents is 1. The van der Waals surface area contributed by atoms with E-state index >= 15 is 0 Å². The third kappa shape index (κ3) is 4.44. The monoisotopic (exact) mass is 311 g/mol. The van der Waals surface area contributed by atoms with Gasteiger partial charge in [0.25, 0.3) is 0 Å². The number of aromatic hydroxyl groups is 1. The van der Waals surface area contributed by atoms with Gasteiger partial charge in [0, 0.05) is 23.6 Å². The number of ketones is 1. The standard InChI is InChI=1S/C15H14ClNO2.ClH/c16-12-5-3-4-11(10-12)14(18)8-9-17-13-6-1-2-7-15(13)19;/h1-7,10,17,19H,8-9H2;1H. The van der Waals surface area contributed by atoms with Crippen LogP contribution < -0.4 is 5.32 Å². The Bertz CT molecular complexity index is 588. The minimum absolute atomic E-state index is 0. The molecule has 0 aliphatic rings. The van der Waals surface area contributed by atoms with Crippen molar-refractivity contribution in [3.05, 3.63) is 59.1 Å². The predicted molar refractivity (Wildman–Crippen MR) is 84.2 cm³/mol. The molecule has 0 radical (unpaired) electrons. The number of benzene rings is 2. The van der Waals surface area contributed by atoms with Crippen LogP contribution in [0.25, 0.3) is 0 Å². The molecule has 20 heavy (non-hydrogen) atoms. The van der Waals surface area contributed by atoms with Crippen molar-refractivity contribution in [2.45, 2.75) is 6.42 Å². The van der Waals surface area contributed by atoms with Crippen molar-refractivity contribution in [1.29, 1.82) is 0 Å². The van der Waals surface area contributed by atoms with Crippen LogP contribution in [0.15, 0.2) is 48.5 Å². The highest BCUT2D eigenvalue weighted by atomic mass is 35.5. The molecule has 2 aromatic rings. The zero-order valence-corrected chi connectivity index (χ0v) is 12.2. The summed E-state index contributed by atoms with van der Waals surface area (Å²) in [6.45, 7) is 0.461. The molecule has 2 rings (SSSR count). The Morgan fingerprint density at radius 2 is 1.90 bits per heavy atom. The van der Waals surface area contributed by atoms with E-state index in [0.29, 0.717) is 29.2 Å². The van der Waals surface area contributed by atoms with Crippen molar-refractivity contribution in [2.75, 3.05) is 11.9 Å². The number of hydrogen-bond acceptors (Lipinski definition) is 3. The fourth-order valence-electron chi connectivity index (χ4n) is 1.74. The molecule has 3 nitrogen and oxygen atoms in total. The van der Waals surface area contributed by atoms with Gasteiger partial charge in [-0.15, -0.1) is 12.4 Å². The lowest BCUT2D eigenvalue weighted by atomic mass is 10.1. The van der Waals surface area contributed by atoms with Gasteiger partial charge in [-0.25, -0.2) is 0 Å². The van der Waals surface area contributed by atoms with Crippen molar-refractivity contribution in [3.8, 4) is 5.75 Å². The van der Waals surface area contributed by atoms with Crippen LogP contribution in [-0.2, 0) is 0 Å². The van der Waals surface area contributed by atoms with Gasteiger partial charge in [-0.05, 0) is 24.3 Å². The Hall–Kier alpha value is -1.71. The molecule has 0 bridgehead atoms. The Kier molecular flexibility index (Phi) is 6.36. The molecule has 0 amide bonds. The molecule has 0 aliphatic heterocycles. The van der Waals surface area contributed by atoms with E-state index in [1.807, 2.05) is 6.07 Å². The molecule has 0 aromatic heterocycles. The van der Waals surface area contributed by atoms with Gasteiger partial charge in [-0.2, -0.15) is 0 Å². The molecule has 0 heterocycles. The quantitative estimate of drug-likeness (QED) is 0.644. The molecule has 0 spiro atoms. The van der Waals surface area contributed by atoms with Crippen molar-refractivity contribution in [3.63, 3.8) is 0 Å². The summed E-state index contributed by atoms with van der Waals surface area (Å²) in [7, 11) is 0. The molecule has 5 heteroatoms. The zero-order valence-electron chi connectivity index (χ0n) is 10.7. The van der Waals surface area contributed by atoms with Gasteiger partial charge in [0.15, 0.2) is 5.78 Å². The summed E-state index contributed by atoms with van der Waals surface area (Å²) in [4.78, 5) is 11.9. The van der Waals surface area contributed by atoms with Crippen LogP contribution in [0.4, 0.5) is 5.69 Å². The number of hydrogen-bond donors (Lipinski definition) is 2. The number of para-hydroxylation sites is 2. The largest absolute Gasteiger partial charge is 0.506 e. The van der Waals surface area contributed by atoms with Gasteiger partial charge >= 0.3 is 0 Å². The minimum atomic E-state index is 0. The molecule has 0 unspecified atom stereocenters. The van der Waals surface area contributed by atoms with Crippen LogP contribution in [0.2, 0.25) is 5.02 Å². The zero-order chi connectivity index (χ0) is 13.7. The van der Waals surface area contributed by atoms with Gasteiger partial charge in [0.05, 0.1) is 5.69 Å². The van der Waals surface area contributed by atoms with Gasteiger partial charge in [-0.3, -0.25) is 4.79 Å². The maximum absolute atomic E-state index is 11.9. The lowest BCUT2D eigenvalue weighted by Crippen LogP contribution is -2.08.